The molecule has 5 nitrogen and oxygen atoms in total. The minimum Gasteiger partial charge on any atom is -0.382 e. The molecule has 0 saturated carbocycles. The van der Waals surface area contributed by atoms with E-state index in [1.165, 1.54) is 16.1 Å². The number of para-hydroxylation sites is 1. The van der Waals surface area contributed by atoms with E-state index < -0.39 is 0 Å². The molecular weight excluding hydrogens is 404 g/mol. The van der Waals surface area contributed by atoms with Gasteiger partial charge in [0.1, 0.15) is 0 Å². The molecule has 5 rings (SSSR count). The van der Waals surface area contributed by atoms with Gasteiger partial charge in [-0.3, -0.25) is 0 Å². The summed E-state index contributed by atoms with van der Waals surface area (Å²) in [7, 11) is 0. The highest BCUT2D eigenvalue weighted by Gasteiger charge is 2.25. The number of hydrogen-bond donors (Lipinski definition) is 3. The van der Waals surface area contributed by atoms with E-state index in [1.807, 2.05) is 36.0 Å². The van der Waals surface area contributed by atoms with Crippen molar-refractivity contribution in [2.75, 3.05) is 28.6 Å². The smallest absolute Gasteiger partial charge is 0.319 e. The topological polar surface area (TPSA) is 56.4 Å². The van der Waals surface area contributed by atoms with Crippen LogP contribution in [0.2, 0.25) is 0 Å². The zero-order valence-corrected chi connectivity index (χ0v) is 18.3. The Morgan fingerprint density at radius 2 is 1.90 bits per heavy atom. The van der Waals surface area contributed by atoms with Gasteiger partial charge in [-0.1, -0.05) is 55.5 Å². The lowest BCUT2D eigenvalue weighted by molar-refractivity contribution is 0.249. The van der Waals surface area contributed by atoms with E-state index in [4.69, 9.17) is 0 Å². The summed E-state index contributed by atoms with van der Waals surface area (Å²) in [6.45, 7) is 4.86. The van der Waals surface area contributed by atoms with Crippen LogP contribution < -0.4 is 20.9 Å². The molecular formula is C25H26N4OS. The fourth-order valence-corrected chi connectivity index (χ4v) is 5.50. The van der Waals surface area contributed by atoms with Gasteiger partial charge < -0.3 is 20.9 Å². The summed E-state index contributed by atoms with van der Waals surface area (Å²) < 4.78 is 0. The first-order valence-electron chi connectivity index (χ1n) is 10.7. The normalized spacial score (nSPS) is 19.2. The van der Waals surface area contributed by atoms with Crippen LogP contribution in [0.5, 0.6) is 0 Å². The Balaban J connectivity index is 1.28. The van der Waals surface area contributed by atoms with Gasteiger partial charge in [-0.05, 0) is 35.4 Å². The molecule has 0 radical (unpaired) electrons. The maximum absolute atomic E-state index is 12.6. The molecule has 0 bridgehead atoms. The summed E-state index contributed by atoms with van der Waals surface area (Å²) in [5.74, 6) is 0. The third-order valence-electron chi connectivity index (χ3n) is 5.72. The standard InChI is InChI=1S/C25H26N4OS/c1-17-15-29(16-18-7-3-2-4-8-18)23-12-11-19(13-24(23)31-17)27-25(30)28-22-14-26-21-10-6-5-9-20(21)22/h2-13,17,22,26H,14-16H2,1H3,(H2,27,28,30). The molecule has 0 saturated heterocycles. The Labute approximate surface area is 187 Å². The van der Waals surface area contributed by atoms with Crippen molar-refractivity contribution < 1.29 is 4.79 Å². The summed E-state index contributed by atoms with van der Waals surface area (Å²) in [6.07, 6.45) is 0. The molecule has 2 unspecified atom stereocenters. The summed E-state index contributed by atoms with van der Waals surface area (Å²) in [6, 6.07) is 24.7. The molecule has 31 heavy (non-hydrogen) atoms. The summed E-state index contributed by atoms with van der Waals surface area (Å²) >= 11 is 1.87. The SMILES string of the molecule is CC1CN(Cc2ccccc2)c2ccc(NC(=O)NC3CNc4ccccc43)cc2S1. The van der Waals surface area contributed by atoms with Crippen molar-refractivity contribution in [3.05, 3.63) is 83.9 Å². The van der Waals surface area contributed by atoms with E-state index in [0.717, 1.165) is 30.0 Å². The number of nitrogens with one attached hydrogen (secondary N) is 3. The lowest BCUT2D eigenvalue weighted by atomic mass is 10.1. The predicted molar refractivity (Wildman–Crippen MR) is 129 cm³/mol. The molecule has 0 fully saturated rings. The van der Waals surface area contributed by atoms with Crippen LogP contribution in [0.15, 0.2) is 77.7 Å². The van der Waals surface area contributed by atoms with Gasteiger partial charge >= 0.3 is 6.03 Å². The Kier molecular flexibility index (Phi) is 5.47. The van der Waals surface area contributed by atoms with Gasteiger partial charge in [0.25, 0.3) is 0 Å². The molecule has 2 amide bonds. The number of carbonyl (C=O) groups excluding carboxylic acids is 1. The largest absolute Gasteiger partial charge is 0.382 e. The van der Waals surface area contributed by atoms with Gasteiger partial charge in [0.15, 0.2) is 0 Å². The minimum absolute atomic E-state index is 0.0235. The average Bonchev–Trinajstić information content (AvgIpc) is 3.17. The second-order valence-corrected chi connectivity index (χ2v) is 9.58. The fraction of sp³-hybridized carbons (Fsp3) is 0.240. The molecule has 0 aromatic heterocycles. The molecule has 2 aliphatic rings. The predicted octanol–water partition coefficient (Wildman–Crippen LogP) is 5.48. The number of anilines is 3. The Morgan fingerprint density at radius 3 is 2.77 bits per heavy atom. The Hall–Kier alpha value is -3.12. The van der Waals surface area contributed by atoms with Crippen LogP contribution >= 0.6 is 11.8 Å². The summed E-state index contributed by atoms with van der Waals surface area (Å²) in [5.41, 5.74) is 5.57. The zero-order chi connectivity index (χ0) is 21.2. The number of hydrogen-bond acceptors (Lipinski definition) is 4. The molecule has 2 aliphatic heterocycles. The van der Waals surface area contributed by atoms with Gasteiger partial charge in [-0.2, -0.15) is 0 Å². The molecule has 2 atom stereocenters. The van der Waals surface area contributed by atoms with Gasteiger partial charge in [-0.15, -0.1) is 11.8 Å². The van der Waals surface area contributed by atoms with E-state index in [1.54, 1.807) is 0 Å². The van der Waals surface area contributed by atoms with Crippen molar-refractivity contribution >= 4 is 34.9 Å². The van der Waals surface area contributed by atoms with E-state index >= 15 is 0 Å². The first-order chi connectivity index (χ1) is 15.2. The monoisotopic (exact) mass is 430 g/mol. The highest BCUT2D eigenvalue weighted by molar-refractivity contribution is 8.00. The van der Waals surface area contributed by atoms with Crippen LogP contribution in [0, 0.1) is 0 Å². The number of carbonyl (C=O) groups is 1. The number of urea groups is 1. The maximum Gasteiger partial charge on any atom is 0.319 e. The first-order valence-corrected chi connectivity index (χ1v) is 11.5. The fourth-order valence-electron chi connectivity index (χ4n) is 4.30. The second kappa shape index (κ2) is 8.55. The van der Waals surface area contributed by atoms with Crippen molar-refractivity contribution in [1.82, 2.24) is 5.32 Å². The molecule has 3 N–H and O–H groups in total. The lowest BCUT2D eigenvalue weighted by Gasteiger charge is -2.34. The van der Waals surface area contributed by atoms with Crippen molar-refractivity contribution in [2.24, 2.45) is 0 Å². The molecule has 158 valence electrons. The van der Waals surface area contributed by atoms with Crippen LogP contribution in [0.4, 0.5) is 21.9 Å². The third kappa shape index (κ3) is 4.35. The van der Waals surface area contributed by atoms with E-state index in [0.29, 0.717) is 11.8 Å². The third-order valence-corrected chi connectivity index (χ3v) is 6.85. The van der Waals surface area contributed by atoms with Crippen LogP contribution in [0.1, 0.15) is 24.1 Å². The van der Waals surface area contributed by atoms with Gasteiger partial charge in [0, 0.05) is 41.2 Å². The van der Waals surface area contributed by atoms with Crippen molar-refractivity contribution in [3.63, 3.8) is 0 Å². The van der Waals surface area contributed by atoms with Crippen molar-refractivity contribution in [3.8, 4) is 0 Å². The molecule has 0 spiro atoms. The molecule has 2 heterocycles. The van der Waals surface area contributed by atoms with Crippen LogP contribution in [0.25, 0.3) is 0 Å². The summed E-state index contributed by atoms with van der Waals surface area (Å²) in [4.78, 5) is 16.3. The van der Waals surface area contributed by atoms with Gasteiger partial charge in [0.05, 0.1) is 11.7 Å². The van der Waals surface area contributed by atoms with Crippen molar-refractivity contribution in [1.29, 1.82) is 0 Å². The Bertz CT molecular complexity index is 1090. The highest BCUT2D eigenvalue weighted by Crippen LogP contribution is 2.40. The number of fused-ring (bicyclic) bond motifs is 2. The highest BCUT2D eigenvalue weighted by atomic mass is 32.2. The maximum atomic E-state index is 12.6. The number of benzene rings is 3. The average molecular weight is 431 g/mol. The number of thioether (sulfide) groups is 1. The van der Waals surface area contributed by atoms with Crippen LogP contribution in [0.3, 0.4) is 0 Å². The van der Waals surface area contributed by atoms with E-state index in [9.17, 15) is 4.79 Å². The molecule has 6 heteroatoms. The van der Waals surface area contributed by atoms with Gasteiger partial charge in [0.2, 0.25) is 0 Å². The molecule has 3 aromatic carbocycles. The molecule has 0 aliphatic carbocycles. The Morgan fingerprint density at radius 1 is 1.10 bits per heavy atom. The minimum atomic E-state index is -0.182. The van der Waals surface area contributed by atoms with Gasteiger partial charge in [-0.25, -0.2) is 4.79 Å². The first kappa shape index (κ1) is 19.8. The number of amides is 2. The number of nitrogens with zero attached hydrogens (tertiary/aromatic N) is 1. The van der Waals surface area contributed by atoms with Crippen LogP contribution in [-0.2, 0) is 6.54 Å². The number of rotatable bonds is 4. The van der Waals surface area contributed by atoms with Crippen molar-refractivity contribution in [2.45, 2.75) is 29.7 Å². The lowest BCUT2D eigenvalue weighted by Crippen LogP contribution is -2.34. The van der Waals surface area contributed by atoms with E-state index in [-0.39, 0.29) is 12.1 Å². The summed E-state index contributed by atoms with van der Waals surface area (Å²) in [5, 5.41) is 9.93. The zero-order valence-electron chi connectivity index (χ0n) is 17.5. The van der Waals surface area contributed by atoms with Crippen LogP contribution in [-0.4, -0.2) is 24.4 Å². The molecule has 3 aromatic rings. The van der Waals surface area contributed by atoms with E-state index in [2.05, 4.69) is 76.3 Å². The second-order valence-electron chi connectivity index (χ2n) is 8.10. The quantitative estimate of drug-likeness (QED) is 0.513.